The predicted octanol–water partition coefficient (Wildman–Crippen LogP) is 0.243. The second-order valence-corrected chi connectivity index (χ2v) is 4.34. The molecule has 2 aliphatic heterocycles. The molecule has 0 radical (unpaired) electrons. The van der Waals surface area contributed by atoms with Crippen LogP contribution in [-0.4, -0.2) is 41.4 Å². The normalized spacial score (nSPS) is 35.1. The van der Waals surface area contributed by atoms with Gasteiger partial charge in [0.1, 0.15) is 0 Å². The minimum absolute atomic E-state index is 0.0701. The minimum Gasteiger partial charge on any atom is -0.315 e. The summed E-state index contributed by atoms with van der Waals surface area (Å²) in [5.41, 5.74) is -0.695. The van der Waals surface area contributed by atoms with Crippen LogP contribution < -0.4 is 5.32 Å². The van der Waals surface area contributed by atoms with Gasteiger partial charge in [-0.3, -0.25) is 14.6 Å². The molecular formula is C10H14N4O. The number of carbonyl (C=O) groups excluding carboxylic acids is 1. The van der Waals surface area contributed by atoms with Crippen molar-refractivity contribution in [1.82, 2.24) is 10.2 Å². The molecule has 0 aliphatic carbocycles. The molecule has 2 aliphatic rings. The maximum Gasteiger partial charge on any atom is 0.282 e. The molecule has 0 aromatic heterocycles. The van der Waals surface area contributed by atoms with Crippen molar-refractivity contribution < 1.29 is 4.79 Å². The molecule has 1 fully saturated rings. The van der Waals surface area contributed by atoms with Crippen LogP contribution in [0, 0.1) is 6.57 Å². The van der Waals surface area contributed by atoms with Crippen molar-refractivity contribution in [2.45, 2.75) is 38.0 Å². The van der Waals surface area contributed by atoms with E-state index in [0.717, 1.165) is 0 Å². The molecule has 1 saturated heterocycles. The summed E-state index contributed by atoms with van der Waals surface area (Å²) in [7, 11) is 0. The zero-order valence-corrected chi connectivity index (χ0v) is 8.90. The summed E-state index contributed by atoms with van der Waals surface area (Å²) in [6.45, 7) is 11.8. The lowest BCUT2D eigenvalue weighted by atomic mass is 9.99. The molecular weight excluding hydrogens is 192 g/mol. The standard InChI is InChI=1S/C10H14N4O/c1-7(2)14-5-10(4-8(14)11-3)9(15)12-6-13-10/h6-8H,4-5H2,1-2H3,(H,12,13,15)/t8-,10+/m0/s1. The van der Waals surface area contributed by atoms with Crippen LogP contribution in [0.4, 0.5) is 0 Å². The van der Waals surface area contributed by atoms with Crippen molar-refractivity contribution >= 4 is 12.2 Å². The van der Waals surface area contributed by atoms with E-state index >= 15 is 0 Å². The molecule has 1 amide bonds. The molecule has 1 spiro atoms. The van der Waals surface area contributed by atoms with E-state index in [1.807, 2.05) is 18.7 Å². The highest BCUT2D eigenvalue weighted by Crippen LogP contribution is 2.34. The quantitative estimate of drug-likeness (QED) is 0.625. The first-order valence-electron chi connectivity index (χ1n) is 5.06. The fourth-order valence-corrected chi connectivity index (χ4v) is 2.20. The van der Waals surface area contributed by atoms with Crippen LogP contribution in [0.25, 0.3) is 4.85 Å². The van der Waals surface area contributed by atoms with E-state index in [1.54, 1.807) is 0 Å². The Bertz CT molecular complexity index is 357. The van der Waals surface area contributed by atoms with Crippen molar-refractivity contribution in [3.8, 4) is 0 Å². The van der Waals surface area contributed by atoms with Crippen LogP contribution in [0.2, 0.25) is 0 Å². The van der Waals surface area contributed by atoms with Crippen molar-refractivity contribution in [2.24, 2.45) is 4.99 Å². The van der Waals surface area contributed by atoms with Gasteiger partial charge in [-0.15, -0.1) is 0 Å². The molecule has 0 unspecified atom stereocenters. The maximum atomic E-state index is 11.7. The number of hydrogen-bond acceptors (Lipinski definition) is 3. The highest BCUT2D eigenvalue weighted by molar-refractivity contribution is 6.00. The molecule has 0 bridgehead atoms. The van der Waals surface area contributed by atoms with Gasteiger partial charge in [0, 0.05) is 12.6 Å². The average molecular weight is 206 g/mol. The Morgan fingerprint density at radius 1 is 1.80 bits per heavy atom. The first-order chi connectivity index (χ1) is 7.09. The minimum atomic E-state index is -0.695. The van der Waals surface area contributed by atoms with Gasteiger partial charge in [0.2, 0.25) is 0 Å². The number of nitrogens with zero attached hydrogens (tertiary/aromatic N) is 3. The molecule has 2 rings (SSSR count). The number of carbonyl (C=O) groups is 1. The van der Waals surface area contributed by atoms with E-state index in [9.17, 15) is 4.79 Å². The lowest BCUT2D eigenvalue weighted by Gasteiger charge is -2.21. The number of rotatable bonds is 1. The van der Waals surface area contributed by atoms with Gasteiger partial charge in [-0.25, -0.2) is 11.5 Å². The Balaban J connectivity index is 2.25. The molecule has 5 nitrogen and oxygen atoms in total. The van der Waals surface area contributed by atoms with Crippen LogP contribution in [0.5, 0.6) is 0 Å². The zero-order chi connectivity index (χ0) is 11.1. The van der Waals surface area contributed by atoms with Gasteiger partial charge < -0.3 is 5.32 Å². The molecule has 2 atom stereocenters. The largest absolute Gasteiger partial charge is 0.315 e. The van der Waals surface area contributed by atoms with Gasteiger partial charge in [0.05, 0.1) is 12.8 Å². The molecule has 0 aromatic carbocycles. The van der Waals surface area contributed by atoms with E-state index in [-0.39, 0.29) is 18.1 Å². The van der Waals surface area contributed by atoms with Crippen LogP contribution in [0.15, 0.2) is 4.99 Å². The molecule has 1 N–H and O–H groups in total. The van der Waals surface area contributed by atoms with Crippen molar-refractivity contribution in [2.75, 3.05) is 6.54 Å². The van der Waals surface area contributed by atoms with Gasteiger partial charge in [-0.1, -0.05) is 0 Å². The third kappa shape index (κ3) is 1.41. The molecule has 2 heterocycles. The highest BCUT2D eigenvalue weighted by atomic mass is 16.2. The van der Waals surface area contributed by atoms with Crippen LogP contribution in [0.1, 0.15) is 20.3 Å². The summed E-state index contributed by atoms with van der Waals surface area (Å²) in [5, 5.41) is 2.60. The predicted molar refractivity (Wildman–Crippen MR) is 56.2 cm³/mol. The van der Waals surface area contributed by atoms with E-state index < -0.39 is 5.54 Å². The fraction of sp³-hybridized carbons (Fsp3) is 0.700. The number of hydrogen-bond donors (Lipinski definition) is 1. The van der Waals surface area contributed by atoms with Crippen LogP contribution >= 0.6 is 0 Å². The van der Waals surface area contributed by atoms with Crippen molar-refractivity contribution in [3.63, 3.8) is 0 Å². The van der Waals surface area contributed by atoms with E-state index in [4.69, 9.17) is 6.57 Å². The third-order valence-corrected chi connectivity index (χ3v) is 3.09. The zero-order valence-electron chi connectivity index (χ0n) is 8.90. The highest BCUT2D eigenvalue weighted by Gasteiger charge is 2.54. The molecule has 0 aromatic rings. The summed E-state index contributed by atoms with van der Waals surface area (Å²) in [4.78, 5) is 21.5. The summed E-state index contributed by atoms with van der Waals surface area (Å²) in [5.74, 6) is -0.0701. The summed E-state index contributed by atoms with van der Waals surface area (Å²) in [6.07, 6.45) is 1.75. The summed E-state index contributed by atoms with van der Waals surface area (Å²) >= 11 is 0. The summed E-state index contributed by atoms with van der Waals surface area (Å²) < 4.78 is 0. The number of aliphatic imine (C=N–C) groups is 1. The van der Waals surface area contributed by atoms with Crippen molar-refractivity contribution in [3.05, 3.63) is 11.4 Å². The summed E-state index contributed by atoms with van der Waals surface area (Å²) in [6, 6.07) is 0.270. The fourth-order valence-electron chi connectivity index (χ4n) is 2.20. The van der Waals surface area contributed by atoms with Crippen molar-refractivity contribution in [1.29, 1.82) is 0 Å². The average Bonchev–Trinajstić information content (AvgIpc) is 2.73. The maximum absolute atomic E-state index is 11.7. The van der Waals surface area contributed by atoms with Gasteiger partial charge in [-0.2, -0.15) is 0 Å². The van der Waals surface area contributed by atoms with Gasteiger partial charge >= 0.3 is 0 Å². The Morgan fingerprint density at radius 3 is 2.93 bits per heavy atom. The monoisotopic (exact) mass is 206 g/mol. The second-order valence-electron chi connectivity index (χ2n) is 4.34. The van der Waals surface area contributed by atoms with E-state index in [0.29, 0.717) is 13.0 Å². The number of amides is 1. The van der Waals surface area contributed by atoms with Gasteiger partial charge in [-0.05, 0) is 13.8 Å². The van der Waals surface area contributed by atoms with Crippen LogP contribution in [-0.2, 0) is 4.79 Å². The smallest absolute Gasteiger partial charge is 0.282 e. The van der Waals surface area contributed by atoms with E-state index in [2.05, 4.69) is 15.2 Å². The van der Waals surface area contributed by atoms with Crippen LogP contribution in [0.3, 0.4) is 0 Å². The molecule has 80 valence electrons. The third-order valence-electron chi connectivity index (χ3n) is 3.09. The van der Waals surface area contributed by atoms with E-state index in [1.165, 1.54) is 6.34 Å². The van der Waals surface area contributed by atoms with Gasteiger partial charge in [0.15, 0.2) is 5.54 Å². The first-order valence-corrected chi connectivity index (χ1v) is 5.06. The molecule has 15 heavy (non-hydrogen) atoms. The first kappa shape index (κ1) is 10.1. The lowest BCUT2D eigenvalue weighted by Crippen LogP contribution is -2.42. The molecule has 0 saturated carbocycles. The van der Waals surface area contributed by atoms with Gasteiger partial charge in [0.25, 0.3) is 12.1 Å². The SMILES string of the molecule is [C-]#[N+][C@@H]1C[C@]2(CN1C(C)C)N=CNC2=O. The molecule has 5 heteroatoms. The topological polar surface area (TPSA) is 49.1 Å². The number of likely N-dealkylation sites (tertiary alicyclic amines) is 1. The lowest BCUT2D eigenvalue weighted by molar-refractivity contribution is -0.123. The number of nitrogens with one attached hydrogen (secondary N) is 1. The second kappa shape index (κ2) is 3.31. The Labute approximate surface area is 89.0 Å². The Hall–Kier alpha value is -1.41. The Morgan fingerprint density at radius 2 is 2.53 bits per heavy atom. The Kier molecular flexibility index (Phi) is 2.24.